The summed E-state index contributed by atoms with van der Waals surface area (Å²) >= 11 is 5.74. The SMILES string of the molecule is CCC[C@H]1CN=C(NCl)[C@@H]1c1ccccc1. The van der Waals surface area contributed by atoms with Crippen molar-refractivity contribution >= 4 is 17.6 Å². The molecule has 1 aromatic carbocycles. The number of nitrogens with one attached hydrogen (secondary N) is 1. The zero-order valence-electron chi connectivity index (χ0n) is 9.49. The van der Waals surface area contributed by atoms with Gasteiger partial charge in [0.15, 0.2) is 0 Å². The fourth-order valence-electron chi connectivity index (χ4n) is 2.45. The van der Waals surface area contributed by atoms with E-state index in [9.17, 15) is 0 Å². The summed E-state index contributed by atoms with van der Waals surface area (Å²) in [5, 5.41) is 0. The highest BCUT2D eigenvalue weighted by atomic mass is 35.5. The van der Waals surface area contributed by atoms with Gasteiger partial charge in [0.25, 0.3) is 0 Å². The molecule has 1 heterocycles. The van der Waals surface area contributed by atoms with Crippen molar-refractivity contribution in [3.05, 3.63) is 35.9 Å². The van der Waals surface area contributed by atoms with Gasteiger partial charge in [-0.3, -0.25) is 9.83 Å². The van der Waals surface area contributed by atoms with Crippen molar-refractivity contribution in [2.24, 2.45) is 10.9 Å². The molecule has 0 unspecified atom stereocenters. The maximum Gasteiger partial charge on any atom is 0.119 e. The van der Waals surface area contributed by atoms with E-state index in [1.807, 2.05) is 6.07 Å². The second-order valence-electron chi connectivity index (χ2n) is 4.26. The van der Waals surface area contributed by atoms with Crippen LogP contribution in [0.4, 0.5) is 0 Å². The van der Waals surface area contributed by atoms with Gasteiger partial charge in [0.2, 0.25) is 0 Å². The van der Waals surface area contributed by atoms with Crippen LogP contribution in [0.15, 0.2) is 35.3 Å². The summed E-state index contributed by atoms with van der Waals surface area (Å²) in [6.07, 6.45) is 2.39. The second-order valence-corrected chi connectivity index (χ2v) is 4.45. The number of benzene rings is 1. The van der Waals surface area contributed by atoms with Gasteiger partial charge in [-0.25, -0.2) is 0 Å². The van der Waals surface area contributed by atoms with Gasteiger partial charge in [-0.05, 0) is 17.9 Å². The topological polar surface area (TPSA) is 24.4 Å². The molecule has 2 nitrogen and oxygen atoms in total. The highest BCUT2D eigenvalue weighted by Crippen LogP contribution is 2.33. The lowest BCUT2D eigenvalue weighted by atomic mass is 9.85. The van der Waals surface area contributed by atoms with Crippen LogP contribution in [0.5, 0.6) is 0 Å². The molecule has 1 aliphatic heterocycles. The Morgan fingerprint density at radius 1 is 1.38 bits per heavy atom. The predicted octanol–water partition coefficient (Wildman–Crippen LogP) is 3.34. The number of hydrogen-bond donors (Lipinski definition) is 1. The van der Waals surface area contributed by atoms with E-state index in [4.69, 9.17) is 11.8 Å². The first-order chi connectivity index (χ1) is 7.86. The minimum absolute atomic E-state index is 0.346. The summed E-state index contributed by atoms with van der Waals surface area (Å²) in [7, 11) is 0. The molecule has 16 heavy (non-hydrogen) atoms. The van der Waals surface area contributed by atoms with Crippen molar-refractivity contribution in [1.29, 1.82) is 0 Å². The molecule has 0 aliphatic carbocycles. The standard InChI is InChI=1S/C13H17ClN2/c1-2-6-11-9-15-13(16-14)12(11)10-7-4-3-5-8-10/h3-5,7-8,11-12H,2,6,9H2,1H3,(H,15,16)/t11-,12+/m0/s1. The van der Waals surface area contributed by atoms with E-state index in [1.54, 1.807) is 0 Å². The van der Waals surface area contributed by atoms with Gasteiger partial charge in [0.05, 0.1) is 0 Å². The van der Waals surface area contributed by atoms with E-state index < -0.39 is 0 Å². The minimum Gasteiger partial charge on any atom is -0.286 e. The molecule has 1 N–H and O–H groups in total. The molecule has 0 radical (unpaired) electrons. The summed E-state index contributed by atoms with van der Waals surface area (Å²) in [5.41, 5.74) is 1.31. The average molecular weight is 237 g/mol. The number of amidine groups is 1. The molecule has 1 aromatic rings. The first kappa shape index (κ1) is 11.5. The molecule has 0 saturated heterocycles. The molecular weight excluding hydrogens is 220 g/mol. The monoisotopic (exact) mass is 236 g/mol. The van der Waals surface area contributed by atoms with Crippen LogP contribution in [0.25, 0.3) is 0 Å². The van der Waals surface area contributed by atoms with Crippen molar-refractivity contribution in [3.63, 3.8) is 0 Å². The highest BCUT2D eigenvalue weighted by Gasteiger charge is 2.31. The van der Waals surface area contributed by atoms with Crippen molar-refractivity contribution in [1.82, 2.24) is 4.84 Å². The van der Waals surface area contributed by atoms with E-state index in [2.05, 4.69) is 41.0 Å². The highest BCUT2D eigenvalue weighted by molar-refractivity contribution is 6.23. The number of halogens is 1. The fraction of sp³-hybridized carbons (Fsp3) is 0.462. The third-order valence-electron chi connectivity index (χ3n) is 3.18. The summed E-state index contributed by atoms with van der Waals surface area (Å²) < 4.78 is 0. The van der Waals surface area contributed by atoms with Crippen LogP contribution in [0.2, 0.25) is 0 Å². The Morgan fingerprint density at radius 3 is 2.75 bits per heavy atom. The van der Waals surface area contributed by atoms with E-state index in [1.165, 1.54) is 18.4 Å². The van der Waals surface area contributed by atoms with Crippen LogP contribution in [0.3, 0.4) is 0 Å². The fourth-order valence-corrected chi connectivity index (χ4v) is 2.63. The van der Waals surface area contributed by atoms with Crippen LogP contribution in [-0.2, 0) is 0 Å². The van der Waals surface area contributed by atoms with Crippen LogP contribution in [0.1, 0.15) is 31.2 Å². The Morgan fingerprint density at radius 2 is 2.12 bits per heavy atom. The van der Waals surface area contributed by atoms with Gasteiger partial charge < -0.3 is 0 Å². The third-order valence-corrected chi connectivity index (χ3v) is 3.37. The molecular formula is C13H17ClN2. The number of nitrogens with zero attached hydrogens (tertiary/aromatic N) is 1. The predicted molar refractivity (Wildman–Crippen MR) is 68.9 cm³/mol. The quantitative estimate of drug-likeness (QED) is 0.800. The molecule has 0 amide bonds. The third kappa shape index (κ3) is 2.22. The van der Waals surface area contributed by atoms with Crippen molar-refractivity contribution in [3.8, 4) is 0 Å². The molecule has 2 atom stereocenters. The summed E-state index contributed by atoms with van der Waals surface area (Å²) in [6.45, 7) is 3.11. The number of aliphatic imine (C=N–C) groups is 1. The lowest BCUT2D eigenvalue weighted by molar-refractivity contribution is 0.488. The van der Waals surface area contributed by atoms with Gasteiger partial charge in [-0.15, -0.1) is 0 Å². The molecule has 1 aliphatic rings. The van der Waals surface area contributed by atoms with Gasteiger partial charge in [0, 0.05) is 24.2 Å². The Hall–Kier alpha value is -1.02. The summed E-state index contributed by atoms with van der Waals surface area (Å²) in [5.74, 6) is 1.86. The smallest absolute Gasteiger partial charge is 0.119 e. The Labute approximate surface area is 102 Å². The van der Waals surface area contributed by atoms with Gasteiger partial charge >= 0.3 is 0 Å². The summed E-state index contributed by atoms with van der Waals surface area (Å²) in [6, 6.07) is 10.5. The van der Waals surface area contributed by atoms with E-state index in [0.717, 1.165) is 12.4 Å². The molecule has 2 rings (SSSR count). The van der Waals surface area contributed by atoms with E-state index in [-0.39, 0.29) is 0 Å². The number of hydrogen-bond acceptors (Lipinski definition) is 2. The van der Waals surface area contributed by atoms with Crippen LogP contribution in [-0.4, -0.2) is 12.4 Å². The Balaban J connectivity index is 2.23. The largest absolute Gasteiger partial charge is 0.286 e. The van der Waals surface area contributed by atoms with Gasteiger partial charge in [-0.1, -0.05) is 43.7 Å². The van der Waals surface area contributed by atoms with Crippen LogP contribution < -0.4 is 4.84 Å². The van der Waals surface area contributed by atoms with Crippen LogP contribution in [0, 0.1) is 5.92 Å². The molecule has 0 fully saturated rings. The van der Waals surface area contributed by atoms with Gasteiger partial charge in [0.1, 0.15) is 5.84 Å². The zero-order chi connectivity index (χ0) is 11.4. The Kier molecular flexibility index (Phi) is 3.83. The first-order valence-corrected chi connectivity index (χ1v) is 6.20. The molecule has 0 bridgehead atoms. The maximum absolute atomic E-state index is 5.74. The summed E-state index contributed by atoms with van der Waals surface area (Å²) in [4.78, 5) is 7.21. The van der Waals surface area contributed by atoms with Crippen molar-refractivity contribution in [2.75, 3.05) is 6.54 Å². The molecule has 3 heteroatoms. The van der Waals surface area contributed by atoms with E-state index in [0.29, 0.717) is 11.8 Å². The minimum atomic E-state index is 0.346. The first-order valence-electron chi connectivity index (χ1n) is 5.82. The van der Waals surface area contributed by atoms with Crippen molar-refractivity contribution in [2.45, 2.75) is 25.7 Å². The average Bonchev–Trinajstić information content (AvgIpc) is 2.74. The molecule has 86 valence electrons. The van der Waals surface area contributed by atoms with E-state index >= 15 is 0 Å². The second kappa shape index (κ2) is 5.35. The molecule has 0 saturated carbocycles. The Bertz CT molecular complexity index is 361. The lowest BCUT2D eigenvalue weighted by Gasteiger charge is -2.20. The maximum atomic E-state index is 5.74. The lowest BCUT2D eigenvalue weighted by Crippen LogP contribution is -2.23. The number of rotatable bonds is 3. The molecule has 0 aromatic heterocycles. The van der Waals surface area contributed by atoms with Crippen LogP contribution >= 0.6 is 11.8 Å². The molecule has 0 spiro atoms. The zero-order valence-corrected chi connectivity index (χ0v) is 10.2. The normalized spacial score (nSPS) is 24.2. The van der Waals surface area contributed by atoms with Gasteiger partial charge in [-0.2, -0.15) is 0 Å². The van der Waals surface area contributed by atoms with Crippen molar-refractivity contribution < 1.29 is 0 Å².